The van der Waals surface area contributed by atoms with Gasteiger partial charge in [-0.2, -0.15) is 5.10 Å². The Labute approximate surface area is 198 Å². The maximum atomic E-state index is 14.1. The molecule has 6 heteroatoms. The summed E-state index contributed by atoms with van der Waals surface area (Å²) < 4.78 is 16.0. The van der Waals surface area contributed by atoms with Crippen LogP contribution < -0.4 is 0 Å². The van der Waals surface area contributed by atoms with Gasteiger partial charge < -0.3 is 4.90 Å². The number of aryl methyl sites for hydroxylation is 2. The highest BCUT2D eigenvalue weighted by Gasteiger charge is 2.31. The van der Waals surface area contributed by atoms with Crippen molar-refractivity contribution in [2.45, 2.75) is 39.2 Å². The van der Waals surface area contributed by atoms with Crippen LogP contribution in [-0.4, -0.2) is 32.1 Å². The highest BCUT2D eigenvalue weighted by Crippen LogP contribution is 2.32. The number of likely N-dealkylation sites (tertiary alicyclic amines) is 1. The summed E-state index contributed by atoms with van der Waals surface area (Å²) in [5.41, 5.74) is 5.75. The van der Waals surface area contributed by atoms with Gasteiger partial charge in [0.1, 0.15) is 5.82 Å². The second-order valence-corrected chi connectivity index (χ2v) is 8.87. The van der Waals surface area contributed by atoms with Gasteiger partial charge in [0.25, 0.3) is 5.91 Å². The largest absolute Gasteiger partial charge is 0.330 e. The molecule has 1 atom stereocenters. The summed E-state index contributed by atoms with van der Waals surface area (Å²) in [6.45, 7) is 4.65. The summed E-state index contributed by atoms with van der Waals surface area (Å²) in [5.74, 6) is -0.234. The van der Waals surface area contributed by atoms with Gasteiger partial charge in [-0.25, -0.2) is 9.07 Å². The minimum absolute atomic E-state index is 0.00723. The third-order valence-corrected chi connectivity index (χ3v) is 6.36. The van der Waals surface area contributed by atoms with E-state index >= 15 is 0 Å². The maximum absolute atomic E-state index is 14.1. The van der Waals surface area contributed by atoms with E-state index in [9.17, 15) is 9.18 Å². The van der Waals surface area contributed by atoms with Crippen LogP contribution in [0.3, 0.4) is 0 Å². The van der Waals surface area contributed by atoms with E-state index in [0.717, 1.165) is 41.3 Å². The molecule has 3 heterocycles. The summed E-state index contributed by atoms with van der Waals surface area (Å²) in [6, 6.07) is 22.1. The van der Waals surface area contributed by atoms with Crippen LogP contribution in [0, 0.1) is 19.7 Å². The molecule has 4 aromatic rings. The lowest BCUT2D eigenvalue weighted by molar-refractivity contribution is 0.0732. The predicted octanol–water partition coefficient (Wildman–Crippen LogP) is 5.59. The van der Waals surface area contributed by atoms with Crippen molar-refractivity contribution >= 4 is 5.91 Å². The average molecular weight is 455 g/mol. The van der Waals surface area contributed by atoms with E-state index in [1.54, 1.807) is 12.1 Å². The molecule has 0 spiro atoms. The van der Waals surface area contributed by atoms with Gasteiger partial charge in [0, 0.05) is 29.9 Å². The Kier molecular flexibility index (Phi) is 5.97. The first kappa shape index (κ1) is 22.0. The van der Waals surface area contributed by atoms with Crippen molar-refractivity contribution in [3.05, 3.63) is 113 Å². The van der Waals surface area contributed by atoms with Gasteiger partial charge in [-0.3, -0.25) is 9.78 Å². The topological polar surface area (TPSA) is 51.0 Å². The molecule has 0 bridgehead atoms. The van der Waals surface area contributed by atoms with Crippen LogP contribution in [0.5, 0.6) is 0 Å². The van der Waals surface area contributed by atoms with Gasteiger partial charge in [0.15, 0.2) is 0 Å². The lowest BCUT2D eigenvalue weighted by Gasteiger charge is -2.25. The number of pyridine rings is 1. The Morgan fingerprint density at radius 2 is 1.85 bits per heavy atom. The molecule has 1 amide bonds. The lowest BCUT2D eigenvalue weighted by Crippen LogP contribution is -2.31. The summed E-state index contributed by atoms with van der Waals surface area (Å²) in [7, 11) is 0. The standard InChI is InChI=1S/C28H27FN4O/c1-19-16-20(2)33(31-19)24-11-5-9-22(18-24)28(34)32-15-7-14-27(32)26-13-6-10-23(30-26)17-21-8-3-4-12-25(21)29/h3-6,8-13,16,18,27H,7,14-15,17H2,1-2H3/t27-/m0/s1. The number of hydrogen-bond donors (Lipinski definition) is 0. The molecule has 2 aromatic carbocycles. The molecule has 0 radical (unpaired) electrons. The van der Waals surface area contributed by atoms with Crippen molar-refractivity contribution in [3.8, 4) is 5.69 Å². The molecule has 5 nitrogen and oxygen atoms in total. The third kappa shape index (κ3) is 4.36. The van der Waals surface area contributed by atoms with E-state index in [0.29, 0.717) is 24.1 Å². The number of aromatic nitrogens is 3. The van der Waals surface area contributed by atoms with Crippen molar-refractivity contribution in [3.63, 3.8) is 0 Å². The molecule has 0 saturated carbocycles. The highest BCUT2D eigenvalue weighted by atomic mass is 19.1. The summed E-state index contributed by atoms with van der Waals surface area (Å²) in [4.78, 5) is 20.3. The average Bonchev–Trinajstić information content (AvgIpc) is 3.46. The summed E-state index contributed by atoms with van der Waals surface area (Å²) in [6.07, 6.45) is 2.21. The van der Waals surface area contributed by atoms with Crippen LogP contribution in [-0.2, 0) is 6.42 Å². The molecule has 1 fully saturated rings. The van der Waals surface area contributed by atoms with Crippen LogP contribution in [0.25, 0.3) is 5.69 Å². The maximum Gasteiger partial charge on any atom is 0.254 e. The first-order valence-corrected chi connectivity index (χ1v) is 11.6. The van der Waals surface area contributed by atoms with Crippen LogP contribution in [0.1, 0.15) is 57.6 Å². The van der Waals surface area contributed by atoms with Crippen molar-refractivity contribution in [2.24, 2.45) is 0 Å². The van der Waals surface area contributed by atoms with Gasteiger partial charge in [0.05, 0.1) is 23.1 Å². The van der Waals surface area contributed by atoms with E-state index in [2.05, 4.69) is 5.10 Å². The van der Waals surface area contributed by atoms with Crippen molar-refractivity contribution < 1.29 is 9.18 Å². The van der Waals surface area contributed by atoms with Gasteiger partial charge in [0.2, 0.25) is 0 Å². The van der Waals surface area contributed by atoms with E-state index in [1.165, 1.54) is 6.07 Å². The third-order valence-electron chi connectivity index (χ3n) is 6.36. The van der Waals surface area contributed by atoms with Gasteiger partial charge in [-0.15, -0.1) is 0 Å². The molecule has 1 aliphatic rings. The number of benzene rings is 2. The minimum atomic E-state index is -0.227. The fraction of sp³-hybridized carbons (Fsp3) is 0.250. The van der Waals surface area contributed by atoms with Crippen LogP contribution >= 0.6 is 0 Å². The number of amides is 1. The van der Waals surface area contributed by atoms with Gasteiger partial charge in [-0.05, 0) is 74.7 Å². The fourth-order valence-corrected chi connectivity index (χ4v) is 4.76. The second kappa shape index (κ2) is 9.21. The molecule has 0 unspecified atom stereocenters. The van der Waals surface area contributed by atoms with E-state index in [1.807, 2.05) is 78.0 Å². The lowest BCUT2D eigenvalue weighted by atomic mass is 10.1. The molecule has 0 N–H and O–H groups in total. The number of halogens is 1. The van der Waals surface area contributed by atoms with Crippen molar-refractivity contribution in [2.75, 3.05) is 6.54 Å². The van der Waals surface area contributed by atoms with Gasteiger partial charge in [-0.1, -0.05) is 30.3 Å². The molecule has 172 valence electrons. The van der Waals surface area contributed by atoms with Crippen molar-refractivity contribution in [1.29, 1.82) is 0 Å². The molecular formula is C28H27FN4O. The quantitative estimate of drug-likeness (QED) is 0.395. The monoisotopic (exact) mass is 454 g/mol. The van der Waals surface area contributed by atoms with Crippen LogP contribution in [0.15, 0.2) is 72.8 Å². The number of nitrogens with zero attached hydrogens (tertiary/aromatic N) is 4. The Balaban J connectivity index is 1.39. The summed E-state index contributed by atoms with van der Waals surface area (Å²) in [5, 5.41) is 4.55. The van der Waals surface area contributed by atoms with E-state index in [-0.39, 0.29) is 17.8 Å². The number of rotatable bonds is 5. The molecule has 0 aliphatic carbocycles. The number of carbonyl (C=O) groups excluding carboxylic acids is 1. The van der Waals surface area contributed by atoms with Crippen LogP contribution in [0.4, 0.5) is 4.39 Å². The summed E-state index contributed by atoms with van der Waals surface area (Å²) >= 11 is 0. The van der Waals surface area contributed by atoms with Crippen molar-refractivity contribution in [1.82, 2.24) is 19.7 Å². The second-order valence-electron chi connectivity index (χ2n) is 8.87. The normalized spacial score (nSPS) is 15.6. The Bertz CT molecular complexity index is 1350. The number of carbonyl (C=O) groups is 1. The molecule has 1 saturated heterocycles. The molecule has 34 heavy (non-hydrogen) atoms. The molecule has 2 aromatic heterocycles. The Hall–Kier alpha value is -3.80. The SMILES string of the molecule is Cc1cc(C)n(-c2cccc(C(=O)N3CCC[C@H]3c3cccc(Cc4ccccc4F)n3)c2)n1. The smallest absolute Gasteiger partial charge is 0.254 e. The zero-order chi connectivity index (χ0) is 23.7. The zero-order valence-electron chi connectivity index (χ0n) is 19.4. The minimum Gasteiger partial charge on any atom is -0.330 e. The first-order chi connectivity index (χ1) is 16.5. The van der Waals surface area contributed by atoms with E-state index in [4.69, 9.17) is 4.98 Å². The van der Waals surface area contributed by atoms with Crippen LogP contribution in [0.2, 0.25) is 0 Å². The zero-order valence-corrected chi connectivity index (χ0v) is 19.4. The highest BCUT2D eigenvalue weighted by molar-refractivity contribution is 5.95. The number of hydrogen-bond acceptors (Lipinski definition) is 3. The first-order valence-electron chi connectivity index (χ1n) is 11.6. The Morgan fingerprint density at radius 1 is 1.03 bits per heavy atom. The van der Waals surface area contributed by atoms with Gasteiger partial charge >= 0.3 is 0 Å². The fourth-order valence-electron chi connectivity index (χ4n) is 4.76. The molecule has 1 aliphatic heterocycles. The van der Waals surface area contributed by atoms with E-state index < -0.39 is 0 Å². The molecule has 5 rings (SSSR count). The molecular weight excluding hydrogens is 427 g/mol. The predicted molar refractivity (Wildman–Crippen MR) is 129 cm³/mol. The Morgan fingerprint density at radius 3 is 2.65 bits per heavy atom.